The number of halogens is 1. The van der Waals surface area contributed by atoms with Gasteiger partial charge in [0, 0.05) is 17.1 Å². The van der Waals surface area contributed by atoms with E-state index in [2.05, 4.69) is 11.4 Å². The number of nitrogens with zero attached hydrogens (tertiary/aromatic N) is 1. The van der Waals surface area contributed by atoms with Crippen molar-refractivity contribution in [2.45, 2.75) is 66.6 Å². The van der Waals surface area contributed by atoms with E-state index in [4.69, 9.17) is 16.3 Å². The fraction of sp³-hybridized carbons (Fsp3) is 0.440. The number of ether oxygens (including phenoxy) is 1. The molecule has 31 heavy (non-hydrogen) atoms. The molecule has 5 nitrogen and oxygen atoms in total. The Labute approximate surface area is 190 Å². The average Bonchev–Trinajstić information content (AvgIpc) is 2.67. The number of hydrogen-bond donors (Lipinski definition) is 1. The summed E-state index contributed by atoms with van der Waals surface area (Å²) in [4.78, 5) is 27.5. The molecule has 6 heteroatoms. The van der Waals surface area contributed by atoms with Gasteiger partial charge in [-0.25, -0.2) is 0 Å². The minimum Gasteiger partial charge on any atom is -0.483 e. The molecule has 2 rings (SSSR count). The van der Waals surface area contributed by atoms with Crippen LogP contribution in [0.1, 0.15) is 49.9 Å². The van der Waals surface area contributed by atoms with Crippen molar-refractivity contribution in [1.82, 2.24) is 10.2 Å². The van der Waals surface area contributed by atoms with Crippen molar-refractivity contribution in [1.29, 1.82) is 0 Å². The van der Waals surface area contributed by atoms with Crippen molar-refractivity contribution < 1.29 is 14.3 Å². The summed E-state index contributed by atoms with van der Waals surface area (Å²) in [5, 5.41) is 3.50. The zero-order valence-corrected chi connectivity index (χ0v) is 20.3. The molecule has 0 bridgehead atoms. The van der Waals surface area contributed by atoms with E-state index in [-0.39, 0.29) is 25.0 Å². The molecule has 2 amide bonds. The third-order valence-electron chi connectivity index (χ3n) is 5.08. The summed E-state index contributed by atoms with van der Waals surface area (Å²) in [6.07, 6.45) is 0. The van der Waals surface area contributed by atoms with Crippen LogP contribution in [0.5, 0.6) is 5.75 Å². The van der Waals surface area contributed by atoms with Crippen LogP contribution in [0.15, 0.2) is 36.4 Å². The SMILES string of the molecule is Cc1cc(C)c(C)c(OCC(=O)N(Cc2ccccc2Cl)[C@H](C)C(=O)NC(C)(C)C)c1. The third-order valence-corrected chi connectivity index (χ3v) is 5.45. The van der Waals surface area contributed by atoms with Crippen LogP contribution < -0.4 is 10.1 Å². The number of amides is 2. The van der Waals surface area contributed by atoms with E-state index < -0.39 is 11.6 Å². The van der Waals surface area contributed by atoms with Crippen LogP contribution >= 0.6 is 11.6 Å². The average molecular weight is 445 g/mol. The molecule has 0 saturated heterocycles. The van der Waals surface area contributed by atoms with Gasteiger partial charge in [-0.2, -0.15) is 0 Å². The molecular formula is C25H33ClN2O3. The van der Waals surface area contributed by atoms with Gasteiger partial charge >= 0.3 is 0 Å². The maximum absolute atomic E-state index is 13.2. The van der Waals surface area contributed by atoms with Crippen molar-refractivity contribution in [3.05, 3.63) is 63.7 Å². The molecule has 0 radical (unpaired) electrons. The molecule has 0 aliphatic rings. The first kappa shape index (κ1) is 24.7. The van der Waals surface area contributed by atoms with Gasteiger partial charge in [-0.3, -0.25) is 9.59 Å². The lowest BCUT2D eigenvalue weighted by molar-refractivity contribution is -0.142. The van der Waals surface area contributed by atoms with Crippen LogP contribution in [-0.4, -0.2) is 34.9 Å². The van der Waals surface area contributed by atoms with Gasteiger partial charge in [-0.05, 0) is 82.9 Å². The molecule has 2 aromatic rings. The molecule has 0 spiro atoms. The van der Waals surface area contributed by atoms with Gasteiger partial charge in [0.2, 0.25) is 5.91 Å². The smallest absolute Gasteiger partial charge is 0.261 e. The molecule has 0 unspecified atom stereocenters. The maximum Gasteiger partial charge on any atom is 0.261 e. The summed E-state index contributed by atoms with van der Waals surface area (Å²) in [7, 11) is 0. The summed E-state index contributed by atoms with van der Waals surface area (Å²) in [5.74, 6) is 0.167. The third kappa shape index (κ3) is 7.00. The fourth-order valence-electron chi connectivity index (χ4n) is 3.24. The normalized spacial score (nSPS) is 12.3. The van der Waals surface area contributed by atoms with Crippen LogP contribution in [-0.2, 0) is 16.1 Å². The summed E-state index contributed by atoms with van der Waals surface area (Å²) in [6.45, 7) is 13.5. The van der Waals surface area contributed by atoms with Gasteiger partial charge in [0.05, 0.1) is 0 Å². The van der Waals surface area contributed by atoms with Gasteiger partial charge in [-0.15, -0.1) is 0 Å². The Bertz CT molecular complexity index is 950. The van der Waals surface area contributed by atoms with Crippen LogP contribution in [0.4, 0.5) is 0 Å². The van der Waals surface area contributed by atoms with E-state index in [1.165, 1.54) is 4.90 Å². The molecule has 0 heterocycles. The first-order valence-corrected chi connectivity index (χ1v) is 10.8. The zero-order valence-electron chi connectivity index (χ0n) is 19.5. The minimum absolute atomic E-state index is 0.165. The predicted molar refractivity (Wildman–Crippen MR) is 126 cm³/mol. The van der Waals surface area contributed by atoms with E-state index in [9.17, 15) is 9.59 Å². The second-order valence-corrected chi connectivity index (χ2v) is 9.43. The molecular weight excluding hydrogens is 412 g/mol. The topological polar surface area (TPSA) is 58.6 Å². The summed E-state index contributed by atoms with van der Waals surface area (Å²) in [5.41, 5.74) is 3.53. The number of hydrogen-bond acceptors (Lipinski definition) is 3. The Kier molecular flexibility index (Phi) is 8.13. The Morgan fingerprint density at radius 3 is 2.39 bits per heavy atom. The second-order valence-electron chi connectivity index (χ2n) is 9.02. The van der Waals surface area contributed by atoms with Crippen LogP contribution in [0, 0.1) is 20.8 Å². The Balaban J connectivity index is 2.25. The Morgan fingerprint density at radius 2 is 1.77 bits per heavy atom. The van der Waals surface area contributed by atoms with E-state index in [0.717, 1.165) is 22.3 Å². The van der Waals surface area contributed by atoms with Gasteiger partial charge in [0.25, 0.3) is 5.91 Å². The first-order chi connectivity index (χ1) is 14.4. The number of rotatable bonds is 7. The molecule has 168 valence electrons. The lowest BCUT2D eigenvalue weighted by Crippen LogP contribution is -2.53. The molecule has 0 aliphatic carbocycles. The Hall–Kier alpha value is -2.53. The number of carbonyl (C=O) groups excluding carboxylic acids is 2. The van der Waals surface area contributed by atoms with E-state index in [1.807, 2.05) is 65.8 Å². The minimum atomic E-state index is -0.688. The highest BCUT2D eigenvalue weighted by atomic mass is 35.5. The van der Waals surface area contributed by atoms with E-state index in [1.54, 1.807) is 13.0 Å². The van der Waals surface area contributed by atoms with Gasteiger partial charge in [-0.1, -0.05) is 35.9 Å². The molecule has 0 aliphatic heterocycles. The van der Waals surface area contributed by atoms with Gasteiger partial charge in [0.1, 0.15) is 11.8 Å². The highest BCUT2D eigenvalue weighted by molar-refractivity contribution is 6.31. The van der Waals surface area contributed by atoms with Crippen LogP contribution in [0.3, 0.4) is 0 Å². The Morgan fingerprint density at radius 1 is 1.13 bits per heavy atom. The lowest BCUT2D eigenvalue weighted by Gasteiger charge is -2.31. The number of nitrogens with one attached hydrogen (secondary N) is 1. The standard InChI is InChI=1S/C25H33ClN2O3/c1-16-12-17(2)18(3)22(13-16)31-15-23(29)28(14-20-10-8-9-11-21(20)26)19(4)24(30)27-25(5,6)7/h8-13,19H,14-15H2,1-7H3,(H,27,30)/t19-/m1/s1. The highest BCUT2D eigenvalue weighted by Crippen LogP contribution is 2.24. The summed E-state index contributed by atoms with van der Waals surface area (Å²) in [6, 6.07) is 10.6. The molecule has 0 saturated carbocycles. The van der Waals surface area contributed by atoms with Crippen molar-refractivity contribution >= 4 is 23.4 Å². The van der Waals surface area contributed by atoms with Crippen LogP contribution in [0.2, 0.25) is 5.02 Å². The number of aryl methyl sites for hydroxylation is 2. The number of benzene rings is 2. The van der Waals surface area contributed by atoms with E-state index in [0.29, 0.717) is 10.8 Å². The molecule has 2 aromatic carbocycles. The molecule has 0 fully saturated rings. The molecule has 0 aromatic heterocycles. The van der Waals surface area contributed by atoms with Crippen molar-refractivity contribution in [3.63, 3.8) is 0 Å². The predicted octanol–water partition coefficient (Wildman–Crippen LogP) is 4.98. The van der Waals surface area contributed by atoms with Gasteiger partial charge < -0.3 is 15.0 Å². The molecule has 1 atom stereocenters. The van der Waals surface area contributed by atoms with Crippen molar-refractivity contribution in [2.75, 3.05) is 6.61 Å². The molecule has 1 N–H and O–H groups in total. The fourth-order valence-corrected chi connectivity index (χ4v) is 3.44. The van der Waals surface area contributed by atoms with Crippen molar-refractivity contribution in [2.24, 2.45) is 0 Å². The highest BCUT2D eigenvalue weighted by Gasteiger charge is 2.29. The zero-order chi connectivity index (χ0) is 23.3. The monoisotopic (exact) mass is 444 g/mol. The van der Waals surface area contributed by atoms with Crippen molar-refractivity contribution in [3.8, 4) is 5.75 Å². The lowest BCUT2D eigenvalue weighted by atomic mass is 10.1. The van der Waals surface area contributed by atoms with Gasteiger partial charge in [0.15, 0.2) is 6.61 Å². The summed E-state index contributed by atoms with van der Waals surface area (Å²) >= 11 is 6.32. The maximum atomic E-state index is 13.2. The van der Waals surface area contributed by atoms with Crippen LogP contribution in [0.25, 0.3) is 0 Å². The largest absolute Gasteiger partial charge is 0.483 e. The second kappa shape index (κ2) is 10.2. The number of carbonyl (C=O) groups is 2. The van der Waals surface area contributed by atoms with E-state index >= 15 is 0 Å². The first-order valence-electron chi connectivity index (χ1n) is 10.4. The quantitative estimate of drug-likeness (QED) is 0.655. The summed E-state index contributed by atoms with van der Waals surface area (Å²) < 4.78 is 5.88.